The number of benzene rings is 1. The summed E-state index contributed by atoms with van der Waals surface area (Å²) < 4.78 is 18.6. The van der Waals surface area contributed by atoms with Gasteiger partial charge in [-0.05, 0) is 38.5 Å². The van der Waals surface area contributed by atoms with Gasteiger partial charge >= 0.3 is 0 Å². The Hall–Kier alpha value is -1.09. The van der Waals surface area contributed by atoms with Gasteiger partial charge in [-0.25, -0.2) is 4.39 Å². The van der Waals surface area contributed by atoms with Crippen molar-refractivity contribution in [1.29, 1.82) is 0 Å². The van der Waals surface area contributed by atoms with Crippen molar-refractivity contribution in [3.05, 3.63) is 29.6 Å². The molecule has 0 saturated carbocycles. The first-order valence-electron chi connectivity index (χ1n) is 5.26. The largest absolute Gasteiger partial charge is 0.491 e. The van der Waals surface area contributed by atoms with E-state index in [1.807, 2.05) is 20.8 Å². The lowest BCUT2D eigenvalue weighted by Crippen LogP contribution is -2.14. The van der Waals surface area contributed by atoms with Gasteiger partial charge in [-0.3, -0.25) is 0 Å². The van der Waals surface area contributed by atoms with Gasteiger partial charge < -0.3 is 10.5 Å². The summed E-state index contributed by atoms with van der Waals surface area (Å²) in [5, 5.41) is 0. The molecule has 2 nitrogen and oxygen atoms in total. The van der Waals surface area contributed by atoms with Gasteiger partial charge in [0.2, 0.25) is 0 Å². The summed E-state index contributed by atoms with van der Waals surface area (Å²) in [4.78, 5) is 0. The van der Waals surface area contributed by atoms with E-state index in [1.165, 1.54) is 12.1 Å². The van der Waals surface area contributed by atoms with E-state index in [0.29, 0.717) is 5.75 Å². The van der Waals surface area contributed by atoms with Gasteiger partial charge in [0.15, 0.2) is 0 Å². The van der Waals surface area contributed by atoms with Gasteiger partial charge in [0.05, 0.1) is 6.10 Å². The topological polar surface area (TPSA) is 35.2 Å². The molecule has 1 rings (SSSR count). The molecule has 0 amide bonds. The third kappa shape index (κ3) is 3.20. The van der Waals surface area contributed by atoms with Crippen LogP contribution in [0.25, 0.3) is 0 Å². The molecule has 1 aromatic rings. The van der Waals surface area contributed by atoms with Crippen molar-refractivity contribution >= 4 is 0 Å². The van der Waals surface area contributed by atoms with E-state index < -0.39 is 0 Å². The van der Waals surface area contributed by atoms with E-state index in [4.69, 9.17) is 10.5 Å². The van der Waals surface area contributed by atoms with Crippen LogP contribution in [0.2, 0.25) is 0 Å². The Labute approximate surface area is 90.2 Å². The van der Waals surface area contributed by atoms with Crippen molar-refractivity contribution in [1.82, 2.24) is 0 Å². The highest BCUT2D eigenvalue weighted by Crippen LogP contribution is 2.27. The molecule has 0 bridgehead atoms. The zero-order chi connectivity index (χ0) is 11.4. The Morgan fingerprint density at radius 1 is 1.40 bits per heavy atom. The van der Waals surface area contributed by atoms with Crippen LogP contribution in [0.5, 0.6) is 5.75 Å². The molecule has 0 aliphatic carbocycles. The monoisotopic (exact) mass is 211 g/mol. The predicted octanol–water partition coefficient (Wildman–Crippen LogP) is 3.02. The second-order valence-electron chi connectivity index (χ2n) is 3.86. The Bertz CT molecular complexity index is 325. The van der Waals surface area contributed by atoms with Crippen LogP contribution < -0.4 is 10.5 Å². The van der Waals surface area contributed by atoms with Gasteiger partial charge in [0.1, 0.15) is 11.6 Å². The van der Waals surface area contributed by atoms with Crippen LogP contribution in [-0.4, -0.2) is 6.10 Å². The molecule has 0 spiro atoms. The van der Waals surface area contributed by atoms with Gasteiger partial charge in [-0.2, -0.15) is 0 Å². The van der Waals surface area contributed by atoms with Crippen molar-refractivity contribution in [3.63, 3.8) is 0 Å². The van der Waals surface area contributed by atoms with Crippen LogP contribution in [0.1, 0.15) is 38.8 Å². The fourth-order valence-corrected chi connectivity index (χ4v) is 1.39. The summed E-state index contributed by atoms with van der Waals surface area (Å²) in [6, 6.07) is 4.31. The summed E-state index contributed by atoms with van der Waals surface area (Å²) in [7, 11) is 0. The quantitative estimate of drug-likeness (QED) is 0.830. The molecular formula is C12H18FNO. The second-order valence-corrected chi connectivity index (χ2v) is 3.86. The van der Waals surface area contributed by atoms with Crippen molar-refractivity contribution in [2.45, 2.75) is 39.3 Å². The second kappa shape index (κ2) is 5.12. The maximum atomic E-state index is 13.1. The highest BCUT2D eigenvalue weighted by atomic mass is 19.1. The average molecular weight is 211 g/mol. The molecule has 0 aliphatic rings. The van der Waals surface area contributed by atoms with E-state index in [1.54, 1.807) is 6.07 Å². The van der Waals surface area contributed by atoms with Crippen molar-refractivity contribution in [2.24, 2.45) is 5.73 Å². The van der Waals surface area contributed by atoms with E-state index in [-0.39, 0.29) is 18.0 Å². The third-order valence-electron chi connectivity index (χ3n) is 2.17. The Balaban J connectivity index is 3.02. The van der Waals surface area contributed by atoms with Gasteiger partial charge in [0, 0.05) is 11.6 Å². The summed E-state index contributed by atoms with van der Waals surface area (Å²) in [6.07, 6.45) is 0.830. The van der Waals surface area contributed by atoms with E-state index >= 15 is 0 Å². The number of hydrogen-bond acceptors (Lipinski definition) is 2. The molecule has 0 radical (unpaired) electrons. The molecule has 1 atom stereocenters. The molecule has 15 heavy (non-hydrogen) atoms. The zero-order valence-electron chi connectivity index (χ0n) is 9.46. The zero-order valence-corrected chi connectivity index (χ0v) is 9.46. The summed E-state index contributed by atoms with van der Waals surface area (Å²) >= 11 is 0. The lowest BCUT2D eigenvalue weighted by Gasteiger charge is -2.17. The van der Waals surface area contributed by atoms with Crippen LogP contribution in [0.3, 0.4) is 0 Å². The number of hydrogen-bond donors (Lipinski definition) is 1. The van der Waals surface area contributed by atoms with Crippen molar-refractivity contribution < 1.29 is 9.13 Å². The Morgan fingerprint density at radius 2 is 2.07 bits per heavy atom. The summed E-state index contributed by atoms with van der Waals surface area (Å²) in [5.41, 5.74) is 6.63. The SMILES string of the molecule is CCC(N)c1cc(F)ccc1OC(C)C. The first kappa shape index (κ1) is 12.0. The number of halogens is 1. The van der Waals surface area contributed by atoms with Crippen molar-refractivity contribution in [2.75, 3.05) is 0 Å². The Kier molecular flexibility index (Phi) is 4.09. The number of rotatable bonds is 4. The minimum atomic E-state index is -0.273. The lowest BCUT2D eigenvalue weighted by atomic mass is 10.0. The maximum absolute atomic E-state index is 13.1. The standard InChI is InChI=1S/C12H18FNO/c1-4-11(14)10-7-9(13)5-6-12(10)15-8(2)3/h5-8,11H,4,14H2,1-3H3. The van der Waals surface area contributed by atoms with Gasteiger partial charge in [-0.15, -0.1) is 0 Å². The molecular weight excluding hydrogens is 193 g/mol. The minimum Gasteiger partial charge on any atom is -0.491 e. The molecule has 2 N–H and O–H groups in total. The molecule has 1 aromatic carbocycles. The van der Waals surface area contributed by atoms with Crippen LogP contribution >= 0.6 is 0 Å². The molecule has 0 saturated heterocycles. The molecule has 84 valence electrons. The smallest absolute Gasteiger partial charge is 0.124 e. The molecule has 0 heterocycles. The normalized spacial score (nSPS) is 12.9. The maximum Gasteiger partial charge on any atom is 0.124 e. The predicted molar refractivity (Wildman–Crippen MR) is 59.4 cm³/mol. The van der Waals surface area contributed by atoms with Crippen molar-refractivity contribution in [3.8, 4) is 5.75 Å². The fourth-order valence-electron chi connectivity index (χ4n) is 1.39. The van der Waals surface area contributed by atoms with Crippen LogP contribution in [0.4, 0.5) is 4.39 Å². The Morgan fingerprint density at radius 3 is 2.60 bits per heavy atom. The highest BCUT2D eigenvalue weighted by molar-refractivity contribution is 5.36. The molecule has 0 aliphatic heterocycles. The fraction of sp³-hybridized carbons (Fsp3) is 0.500. The molecule has 0 fully saturated rings. The van der Waals surface area contributed by atoms with Crippen LogP contribution in [0.15, 0.2) is 18.2 Å². The summed E-state index contributed by atoms with van der Waals surface area (Å²) in [6.45, 7) is 5.84. The lowest BCUT2D eigenvalue weighted by molar-refractivity contribution is 0.238. The van der Waals surface area contributed by atoms with Gasteiger partial charge in [0.25, 0.3) is 0 Å². The highest BCUT2D eigenvalue weighted by Gasteiger charge is 2.12. The minimum absolute atomic E-state index is 0.0678. The average Bonchev–Trinajstić information content (AvgIpc) is 2.19. The molecule has 3 heteroatoms. The van der Waals surface area contributed by atoms with E-state index in [0.717, 1.165) is 12.0 Å². The number of ether oxygens (including phenoxy) is 1. The van der Waals surface area contributed by atoms with Crippen LogP contribution in [0, 0.1) is 5.82 Å². The third-order valence-corrected chi connectivity index (χ3v) is 2.17. The van der Waals surface area contributed by atoms with Crippen LogP contribution in [-0.2, 0) is 0 Å². The summed E-state index contributed by atoms with van der Waals surface area (Å²) in [5.74, 6) is 0.408. The molecule has 1 unspecified atom stereocenters. The molecule has 0 aromatic heterocycles. The van der Waals surface area contributed by atoms with Gasteiger partial charge in [-0.1, -0.05) is 6.92 Å². The van der Waals surface area contributed by atoms with E-state index in [9.17, 15) is 4.39 Å². The van der Waals surface area contributed by atoms with E-state index in [2.05, 4.69) is 0 Å². The first-order valence-corrected chi connectivity index (χ1v) is 5.26. The first-order chi connectivity index (χ1) is 7.04. The number of nitrogens with two attached hydrogens (primary N) is 1.